The predicted molar refractivity (Wildman–Crippen MR) is 70.5 cm³/mol. The van der Waals surface area contributed by atoms with Crippen molar-refractivity contribution in [1.29, 1.82) is 0 Å². The number of hydrogen-bond donors (Lipinski definition) is 1. The van der Waals surface area contributed by atoms with Gasteiger partial charge in [0, 0.05) is 13.1 Å². The number of rotatable bonds is 5. The van der Waals surface area contributed by atoms with E-state index in [1.54, 1.807) is 6.92 Å². The van der Waals surface area contributed by atoms with Gasteiger partial charge in [0.2, 0.25) is 5.91 Å². The minimum atomic E-state index is -0.424. The third kappa shape index (κ3) is 4.19. The molecule has 1 rings (SSSR count). The largest absolute Gasteiger partial charge is 0.337 e. The molecular weight excluding hydrogens is 212 g/mol. The van der Waals surface area contributed by atoms with E-state index in [9.17, 15) is 4.79 Å². The van der Waals surface area contributed by atoms with E-state index in [0.717, 1.165) is 18.5 Å². The van der Waals surface area contributed by atoms with Gasteiger partial charge in [-0.2, -0.15) is 0 Å². The molecule has 1 atom stereocenters. The maximum Gasteiger partial charge on any atom is 0.239 e. The van der Waals surface area contributed by atoms with Crippen LogP contribution < -0.4 is 5.73 Å². The first kappa shape index (κ1) is 13.7. The zero-order valence-corrected chi connectivity index (χ0v) is 10.9. The van der Waals surface area contributed by atoms with Gasteiger partial charge in [0.1, 0.15) is 0 Å². The Kier molecular flexibility index (Phi) is 5.16. The normalized spacial score (nSPS) is 12.2. The average molecular weight is 234 g/mol. The van der Waals surface area contributed by atoms with Crippen LogP contribution in [-0.2, 0) is 11.3 Å². The molecule has 1 amide bonds. The number of amides is 1. The van der Waals surface area contributed by atoms with E-state index >= 15 is 0 Å². The molecule has 1 aromatic rings. The minimum absolute atomic E-state index is 0.0208. The lowest BCUT2D eigenvalue weighted by molar-refractivity contribution is -0.132. The van der Waals surface area contributed by atoms with Crippen LogP contribution in [0.25, 0.3) is 0 Å². The van der Waals surface area contributed by atoms with Crippen molar-refractivity contribution in [1.82, 2.24) is 4.90 Å². The van der Waals surface area contributed by atoms with Crippen molar-refractivity contribution in [2.75, 3.05) is 6.54 Å². The second-order valence-electron chi connectivity index (χ2n) is 4.53. The zero-order valence-electron chi connectivity index (χ0n) is 10.9. The molecule has 0 heterocycles. The Balaban J connectivity index is 2.72. The monoisotopic (exact) mass is 234 g/mol. The molecule has 0 aliphatic rings. The average Bonchev–Trinajstić information content (AvgIpc) is 2.30. The van der Waals surface area contributed by atoms with E-state index in [1.165, 1.54) is 5.56 Å². The molecule has 0 saturated carbocycles. The van der Waals surface area contributed by atoms with Crippen LogP contribution in [0, 0.1) is 6.92 Å². The summed E-state index contributed by atoms with van der Waals surface area (Å²) >= 11 is 0. The van der Waals surface area contributed by atoms with Gasteiger partial charge in [0.25, 0.3) is 0 Å². The maximum atomic E-state index is 11.9. The van der Waals surface area contributed by atoms with E-state index in [1.807, 2.05) is 4.90 Å². The van der Waals surface area contributed by atoms with E-state index in [0.29, 0.717) is 6.54 Å². The lowest BCUT2D eigenvalue weighted by Crippen LogP contribution is -2.42. The number of nitrogens with zero attached hydrogens (tertiary/aromatic N) is 1. The summed E-state index contributed by atoms with van der Waals surface area (Å²) in [6.07, 6.45) is 0.949. The van der Waals surface area contributed by atoms with Crippen LogP contribution in [0.4, 0.5) is 0 Å². The Morgan fingerprint density at radius 2 is 1.94 bits per heavy atom. The highest BCUT2D eigenvalue weighted by atomic mass is 16.2. The number of nitrogens with two attached hydrogens (primary N) is 1. The van der Waals surface area contributed by atoms with Crippen molar-refractivity contribution in [3.8, 4) is 0 Å². The summed E-state index contributed by atoms with van der Waals surface area (Å²) in [5.41, 5.74) is 8.04. The van der Waals surface area contributed by atoms with Crippen molar-refractivity contribution in [2.24, 2.45) is 5.73 Å². The van der Waals surface area contributed by atoms with Gasteiger partial charge in [0.15, 0.2) is 0 Å². The standard InChI is InChI=1S/C14H22N2O/c1-4-9-16(14(17)12(3)15)10-13-7-5-11(2)6-8-13/h5-8,12H,4,9-10,15H2,1-3H3/t12-/m1/s1. The van der Waals surface area contributed by atoms with Gasteiger partial charge < -0.3 is 10.6 Å². The lowest BCUT2D eigenvalue weighted by Gasteiger charge is -2.24. The summed E-state index contributed by atoms with van der Waals surface area (Å²) in [7, 11) is 0. The van der Waals surface area contributed by atoms with Gasteiger partial charge in [-0.3, -0.25) is 4.79 Å². The molecule has 0 fully saturated rings. The molecule has 0 spiro atoms. The number of benzene rings is 1. The summed E-state index contributed by atoms with van der Waals surface area (Å²) in [5.74, 6) is 0.0208. The van der Waals surface area contributed by atoms with Crippen LogP contribution in [0.3, 0.4) is 0 Å². The zero-order chi connectivity index (χ0) is 12.8. The Labute approximate surface area is 104 Å². The highest BCUT2D eigenvalue weighted by Gasteiger charge is 2.16. The smallest absolute Gasteiger partial charge is 0.239 e. The molecular formula is C14H22N2O. The summed E-state index contributed by atoms with van der Waals surface area (Å²) in [4.78, 5) is 13.7. The van der Waals surface area contributed by atoms with Crippen LogP contribution in [0.5, 0.6) is 0 Å². The van der Waals surface area contributed by atoms with Gasteiger partial charge in [-0.05, 0) is 25.8 Å². The third-order valence-electron chi connectivity index (χ3n) is 2.69. The molecule has 0 unspecified atom stereocenters. The fourth-order valence-electron chi connectivity index (χ4n) is 1.74. The molecule has 3 heteroatoms. The Bertz CT molecular complexity index is 357. The van der Waals surface area contributed by atoms with E-state index in [2.05, 4.69) is 38.1 Å². The summed E-state index contributed by atoms with van der Waals surface area (Å²) < 4.78 is 0. The molecule has 3 nitrogen and oxygen atoms in total. The molecule has 0 bridgehead atoms. The van der Waals surface area contributed by atoms with Gasteiger partial charge >= 0.3 is 0 Å². The second-order valence-corrected chi connectivity index (χ2v) is 4.53. The van der Waals surface area contributed by atoms with Crippen LogP contribution in [-0.4, -0.2) is 23.4 Å². The van der Waals surface area contributed by atoms with Crippen LogP contribution in [0.2, 0.25) is 0 Å². The molecule has 0 aliphatic heterocycles. The fraction of sp³-hybridized carbons (Fsp3) is 0.500. The molecule has 0 aliphatic carbocycles. The first-order chi connectivity index (χ1) is 8.04. The third-order valence-corrected chi connectivity index (χ3v) is 2.69. The van der Waals surface area contributed by atoms with E-state index < -0.39 is 6.04 Å². The van der Waals surface area contributed by atoms with Crippen molar-refractivity contribution >= 4 is 5.91 Å². The number of hydrogen-bond acceptors (Lipinski definition) is 2. The highest BCUT2D eigenvalue weighted by molar-refractivity contribution is 5.81. The summed E-state index contributed by atoms with van der Waals surface area (Å²) in [5, 5.41) is 0. The molecule has 2 N–H and O–H groups in total. The van der Waals surface area contributed by atoms with Crippen LogP contribution >= 0.6 is 0 Å². The first-order valence-corrected chi connectivity index (χ1v) is 6.14. The highest BCUT2D eigenvalue weighted by Crippen LogP contribution is 2.08. The van der Waals surface area contributed by atoms with Gasteiger partial charge in [-0.15, -0.1) is 0 Å². The molecule has 0 radical (unpaired) electrons. The molecule has 17 heavy (non-hydrogen) atoms. The van der Waals surface area contributed by atoms with Crippen LogP contribution in [0.1, 0.15) is 31.4 Å². The van der Waals surface area contributed by atoms with Gasteiger partial charge in [-0.1, -0.05) is 36.8 Å². The number of carbonyl (C=O) groups is 1. The first-order valence-electron chi connectivity index (χ1n) is 6.14. The van der Waals surface area contributed by atoms with Crippen molar-refractivity contribution in [3.05, 3.63) is 35.4 Å². The maximum absolute atomic E-state index is 11.9. The van der Waals surface area contributed by atoms with Crippen LogP contribution in [0.15, 0.2) is 24.3 Å². The van der Waals surface area contributed by atoms with Crippen molar-refractivity contribution in [2.45, 2.75) is 39.8 Å². The topological polar surface area (TPSA) is 46.3 Å². The van der Waals surface area contributed by atoms with Gasteiger partial charge in [0.05, 0.1) is 6.04 Å². The van der Waals surface area contributed by atoms with E-state index in [4.69, 9.17) is 5.73 Å². The molecule has 0 saturated heterocycles. The minimum Gasteiger partial charge on any atom is -0.337 e. The number of carbonyl (C=O) groups excluding carboxylic acids is 1. The molecule has 0 aromatic heterocycles. The Hall–Kier alpha value is -1.35. The summed E-state index contributed by atoms with van der Waals surface area (Å²) in [6.45, 7) is 7.26. The molecule has 1 aromatic carbocycles. The van der Waals surface area contributed by atoms with E-state index in [-0.39, 0.29) is 5.91 Å². The fourth-order valence-corrected chi connectivity index (χ4v) is 1.74. The number of aryl methyl sites for hydroxylation is 1. The van der Waals surface area contributed by atoms with Crippen molar-refractivity contribution in [3.63, 3.8) is 0 Å². The Morgan fingerprint density at radius 3 is 2.41 bits per heavy atom. The second kappa shape index (κ2) is 6.40. The molecule has 94 valence electrons. The lowest BCUT2D eigenvalue weighted by atomic mass is 10.1. The van der Waals surface area contributed by atoms with Crippen molar-refractivity contribution < 1.29 is 4.79 Å². The Morgan fingerprint density at radius 1 is 1.35 bits per heavy atom. The summed E-state index contributed by atoms with van der Waals surface area (Å²) in [6, 6.07) is 7.83. The predicted octanol–water partition coefficient (Wildman–Crippen LogP) is 2.08. The quantitative estimate of drug-likeness (QED) is 0.848. The van der Waals surface area contributed by atoms with Gasteiger partial charge in [-0.25, -0.2) is 0 Å². The SMILES string of the molecule is CCCN(Cc1ccc(C)cc1)C(=O)[C@@H](C)N.